The molecule has 0 spiro atoms. The van der Waals surface area contributed by atoms with Crippen LogP contribution in [0.2, 0.25) is 0 Å². The van der Waals surface area contributed by atoms with Crippen molar-refractivity contribution in [2.24, 2.45) is 11.8 Å². The lowest BCUT2D eigenvalue weighted by atomic mass is 9.81. The highest BCUT2D eigenvalue weighted by molar-refractivity contribution is 5.74. The van der Waals surface area contributed by atoms with Crippen LogP contribution < -0.4 is 0 Å². The van der Waals surface area contributed by atoms with E-state index in [-0.39, 0.29) is 12.3 Å². The van der Waals surface area contributed by atoms with Crippen molar-refractivity contribution >= 4 is 17.0 Å². The van der Waals surface area contributed by atoms with Crippen molar-refractivity contribution in [2.75, 3.05) is 13.1 Å². The fourth-order valence-corrected chi connectivity index (χ4v) is 4.22. The number of aromatic amines is 1. The van der Waals surface area contributed by atoms with Crippen LogP contribution in [-0.2, 0) is 17.8 Å². The van der Waals surface area contributed by atoms with Crippen molar-refractivity contribution in [3.63, 3.8) is 0 Å². The molecule has 2 aromatic carbocycles. The van der Waals surface area contributed by atoms with Crippen molar-refractivity contribution in [3.05, 3.63) is 66.0 Å². The largest absolute Gasteiger partial charge is 0.481 e. The van der Waals surface area contributed by atoms with Gasteiger partial charge >= 0.3 is 5.97 Å². The molecule has 140 valence electrons. The van der Waals surface area contributed by atoms with Crippen molar-refractivity contribution < 1.29 is 9.90 Å². The van der Waals surface area contributed by atoms with Crippen molar-refractivity contribution in [1.82, 2.24) is 14.9 Å². The van der Waals surface area contributed by atoms with Crippen LogP contribution >= 0.6 is 0 Å². The Bertz CT molecular complexity index is 873. The minimum Gasteiger partial charge on any atom is -0.481 e. The van der Waals surface area contributed by atoms with Crippen LogP contribution in [0.4, 0.5) is 0 Å². The molecular weight excluding hydrogens is 338 g/mol. The highest BCUT2D eigenvalue weighted by atomic mass is 16.4. The number of rotatable bonds is 6. The number of piperidine rings is 1. The number of hydrogen-bond acceptors (Lipinski definition) is 3. The lowest BCUT2D eigenvalue weighted by Crippen LogP contribution is -2.41. The number of para-hydroxylation sites is 2. The molecule has 1 fully saturated rings. The van der Waals surface area contributed by atoms with Gasteiger partial charge in [-0.1, -0.05) is 42.5 Å². The Morgan fingerprint density at radius 1 is 1.11 bits per heavy atom. The number of H-pyrrole nitrogens is 1. The number of hydrogen-bond donors (Lipinski definition) is 2. The van der Waals surface area contributed by atoms with Crippen LogP contribution in [0, 0.1) is 11.8 Å². The van der Waals surface area contributed by atoms with Gasteiger partial charge in [0.1, 0.15) is 5.82 Å². The Morgan fingerprint density at radius 3 is 2.67 bits per heavy atom. The number of benzene rings is 2. The molecule has 1 aromatic heterocycles. The second kappa shape index (κ2) is 7.92. The van der Waals surface area contributed by atoms with E-state index in [1.807, 2.05) is 30.3 Å². The molecule has 0 aliphatic carbocycles. The van der Waals surface area contributed by atoms with Gasteiger partial charge in [-0.15, -0.1) is 0 Å². The van der Waals surface area contributed by atoms with E-state index in [0.717, 1.165) is 49.3 Å². The third-order valence-corrected chi connectivity index (χ3v) is 5.56. The molecule has 2 N–H and O–H groups in total. The maximum atomic E-state index is 11.3. The van der Waals surface area contributed by atoms with E-state index in [4.69, 9.17) is 4.98 Å². The molecule has 0 amide bonds. The Morgan fingerprint density at radius 2 is 1.89 bits per heavy atom. The molecule has 1 aliphatic rings. The Balaban J connectivity index is 1.50. The Hall–Kier alpha value is -2.66. The first-order chi connectivity index (χ1) is 13.2. The number of nitrogens with one attached hydrogen (secondary N) is 1. The third kappa shape index (κ3) is 4.37. The highest BCUT2D eigenvalue weighted by Crippen LogP contribution is 2.30. The summed E-state index contributed by atoms with van der Waals surface area (Å²) >= 11 is 0. The molecule has 5 heteroatoms. The quantitative estimate of drug-likeness (QED) is 0.700. The summed E-state index contributed by atoms with van der Waals surface area (Å²) in [6.07, 6.45) is 1.95. The molecule has 0 radical (unpaired) electrons. The van der Waals surface area contributed by atoms with Crippen LogP contribution in [0.5, 0.6) is 0 Å². The molecule has 1 saturated heterocycles. The SMILES string of the molecule is O=C(O)CC1CCN(Cc2ccccc2)CC1Cc1nc2ccccc2[nH]1. The van der Waals surface area contributed by atoms with Crippen molar-refractivity contribution in [2.45, 2.75) is 25.8 Å². The summed E-state index contributed by atoms with van der Waals surface area (Å²) in [6.45, 7) is 2.77. The zero-order chi connectivity index (χ0) is 18.6. The first-order valence-electron chi connectivity index (χ1n) is 9.59. The highest BCUT2D eigenvalue weighted by Gasteiger charge is 2.31. The standard InChI is InChI=1S/C22H25N3O2/c26-22(27)13-17-10-11-25(14-16-6-2-1-3-7-16)15-18(17)12-21-23-19-8-4-5-9-20(19)24-21/h1-9,17-18H,10-15H2,(H,23,24)(H,26,27). The van der Waals surface area contributed by atoms with Gasteiger partial charge in [0.05, 0.1) is 11.0 Å². The first-order valence-corrected chi connectivity index (χ1v) is 9.59. The van der Waals surface area contributed by atoms with Crippen LogP contribution in [0.15, 0.2) is 54.6 Å². The zero-order valence-electron chi connectivity index (χ0n) is 15.3. The van der Waals surface area contributed by atoms with E-state index >= 15 is 0 Å². The summed E-state index contributed by atoms with van der Waals surface area (Å²) in [5, 5.41) is 9.33. The fraction of sp³-hybridized carbons (Fsp3) is 0.364. The number of nitrogens with zero attached hydrogens (tertiary/aromatic N) is 2. The smallest absolute Gasteiger partial charge is 0.303 e. The fourth-order valence-electron chi connectivity index (χ4n) is 4.22. The molecule has 2 atom stereocenters. The second-order valence-corrected chi connectivity index (χ2v) is 7.53. The van der Waals surface area contributed by atoms with E-state index in [1.54, 1.807) is 0 Å². The number of aliphatic carboxylic acids is 1. The molecule has 1 aliphatic heterocycles. The van der Waals surface area contributed by atoms with Crippen LogP contribution in [-0.4, -0.2) is 39.0 Å². The summed E-state index contributed by atoms with van der Waals surface area (Å²) in [5.74, 6) is 0.742. The molecule has 5 nitrogen and oxygen atoms in total. The average molecular weight is 363 g/mol. The average Bonchev–Trinajstić information content (AvgIpc) is 3.07. The molecule has 3 aromatic rings. The minimum absolute atomic E-state index is 0.197. The maximum absolute atomic E-state index is 11.3. The van der Waals surface area contributed by atoms with Gasteiger partial charge in [-0.2, -0.15) is 0 Å². The van der Waals surface area contributed by atoms with E-state index < -0.39 is 5.97 Å². The van der Waals surface area contributed by atoms with Crippen LogP contribution in [0.25, 0.3) is 11.0 Å². The van der Waals surface area contributed by atoms with E-state index in [2.05, 4.69) is 34.1 Å². The lowest BCUT2D eigenvalue weighted by Gasteiger charge is -2.38. The molecule has 0 saturated carbocycles. The number of likely N-dealkylation sites (tertiary alicyclic amines) is 1. The van der Waals surface area contributed by atoms with Gasteiger partial charge in [-0.25, -0.2) is 4.98 Å². The van der Waals surface area contributed by atoms with Gasteiger partial charge in [0, 0.05) is 25.9 Å². The normalized spacial score (nSPS) is 20.7. The zero-order valence-corrected chi connectivity index (χ0v) is 15.3. The van der Waals surface area contributed by atoms with Gasteiger partial charge in [-0.3, -0.25) is 9.69 Å². The predicted molar refractivity (Wildman–Crippen MR) is 105 cm³/mol. The van der Waals surface area contributed by atoms with Gasteiger partial charge in [-0.05, 0) is 42.5 Å². The molecule has 2 unspecified atom stereocenters. The number of imidazole rings is 1. The van der Waals surface area contributed by atoms with Crippen molar-refractivity contribution in [3.8, 4) is 0 Å². The van der Waals surface area contributed by atoms with E-state index in [0.29, 0.717) is 5.92 Å². The molecule has 27 heavy (non-hydrogen) atoms. The lowest BCUT2D eigenvalue weighted by molar-refractivity contribution is -0.139. The summed E-state index contributed by atoms with van der Waals surface area (Å²) in [7, 11) is 0. The molecule has 0 bridgehead atoms. The van der Waals surface area contributed by atoms with Crippen LogP contribution in [0.3, 0.4) is 0 Å². The second-order valence-electron chi connectivity index (χ2n) is 7.53. The third-order valence-electron chi connectivity index (χ3n) is 5.56. The minimum atomic E-state index is -0.703. The monoisotopic (exact) mass is 363 g/mol. The number of carboxylic acid groups (broad SMARTS) is 1. The van der Waals surface area contributed by atoms with Gasteiger partial charge in [0.2, 0.25) is 0 Å². The molecular formula is C22H25N3O2. The topological polar surface area (TPSA) is 69.2 Å². The van der Waals surface area contributed by atoms with E-state index in [1.165, 1.54) is 5.56 Å². The van der Waals surface area contributed by atoms with Crippen molar-refractivity contribution in [1.29, 1.82) is 0 Å². The molecule has 4 rings (SSSR count). The Labute approximate surface area is 159 Å². The number of fused-ring (bicyclic) bond motifs is 1. The predicted octanol–water partition coefficient (Wildman–Crippen LogP) is 3.72. The van der Waals surface area contributed by atoms with E-state index in [9.17, 15) is 9.90 Å². The number of aromatic nitrogens is 2. The summed E-state index contributed by atoms with van der Waals surface area (Å²) in [5.41, 5.74) is 3.31. The number of carbonyl (C=O) groups is 1. The van der Waals surface area contributed by atoms with Gasteiger partial charge < -0.3 is 10.1 Å². The summed E-state index contributed by atoms with van der Waals surface area (Å²) in [4.78, 5) is 21.9. The van der Waals surface area contributed by atoms with Gasteiger partial charge in [0.25, 0.3) is 0 Å². The maximum Gasteiger partial charge on any atom is 0.303 e. The molecule has 2 heterocycles. The summed E-state index contributed by atoms with van der Waals surface area (Å²) in [6, 6.07) is 18.5. The van der Waals surface area contributed by atoms with Crippen LogP contribution in [0.1, 0.15) is 24.2 Å². The number of carboxylic acids is 1. The van der Waals surface area contributed by atoms with Gasteiger partial charge in [0.15, 0.2) is 0 Å². The summed E-state index contributed by atoms with van der Waals surface area (Å²) < 4.78 is 0. The first kappa shape index (κ1) is 17.7. The Kier molecular flexibility index (Phi) is 5.21.